The summed E-state index contributed by atoms with van der Waals surface area (Å²) in [6.45, 7) is 3.91. The van der Waals surface area contributed by atoms with Crippen molar-refractivity contribution in [1.29, 1.82) is 0 Å². The van der Waals surface area contributed by atoms with E-state index in [-0.39, 0.29) is 5.91 Å². The number of nitrogens with one attached hydrogen (secondary N) is 1. The Morgan fingerprint density at radius 2 is 1.92 bits per heavy atom. The Bertz CT molecular complexity index is 962. The van der Waals surface area contributed by atoms with Crippen LogP contribution in [0, 0.1) is 13.8 Å². The highest BCUT2D eigenvalue weighted by Crippen LogP contribution is 2.27. The standard InChI is InChI=1S/C20H21ClN4O/c1-13-6-5-7-16(10-13)25-14(2)17(12-22-25)20(26)23-15-8-9-19(24(3)4)18(21)11-15/h5-12H,1-4H3,(H,23,26). The predicted molar refractivity (Wildman–Crippen MR) is 107 cm³/mol. The molecule has 0 radical (unpaired) electrons. The molecule has 0 fully saturated rings. The van der Waals surface area contributed by atoms with E-state index in [9.17, 15) is 4.79 Å². The fraction of sp³-hybridized carbons (Fsp3) is 0.200. The van der Waals surface area contributed by atoms with Crippen LogP contribution in [0.3, 0.4) is 0 Å². The van der Waals surface area contributed by atoms with Gasteiger partial charge >= 0.3 is 0 Å². The van der Waals surface area contributed by atoms with Gasteiger partial charge in [-0.05, 0) is 49.7 Å². The number of carbonyl (C=O) groups is 1. The first-order valence-corrected chi connectivity index (χ1v) is 8.64. The van der Waals surface area contributed by atoms with E-state index in [1.54, 1.807) is 16.9 Å². The SMILES string of the molecule is Cc1cccc(-n2ncc(C(=O)Nc3ccc(N(C)C)c(Cl)c3)c2C)c1. The summed E-state index contributed by atoms with van der Waals surface area (Å²) in [7, 11) is 3.84. The number of halogens is 1. The van der Waals surface area contributed by atoms with Crippen molar-refractivity contribution in [2.75, 3.05) is 24.3 Å². The number of aromatic nitrogens is 2. The van der Waals surface area contributed by atoms with Crippen molar-refractivity contribution in [1.82, 2.24) is 9.78 Å². The topological polar surface area (TPSA) is 50.2 Å². The van der Waals surface area contributed by atoms with Gasteiger partial charge in [0, 0.05) is 19.8 Å². The molecule has 2 aromatic carbocycles. The fourth-order valence-corrected chi connectivity index (χ4v) is 3.15. The molecule has 0 saturated carbocycles. The van der Waals surface area contributed by atoms with Crippen molar-refractivity contribution in [3.05, 3.63) is 70.5 Å². The smallest absolute Gasteiger partial charge is 0.259 e. The van der Waals surface area contributed by atoms with Crippen molar-refractivity contribution >= 4 is 28.9 Å². The number of benzene rings is 2. The molecule has 1 heterocycles. The van der Waals surface area contributed by atoms with Gasteiger partial charge < -0.3 is 10.2 Å². The Hall–Kier alpha value is -2.79. The second kappa shape index (κ2) is 7.22. The summed E-state index contributed by atoms with van der Waals surface area (Å²) in [5, 5.41) is 7.84. The van der Waals surface area contributed by atoms with Crippen molar-refractivity contribution in [3.8, 4) is 5.69 Å². The minimum absolute atomic E-state index is 0.213. The van der Waals surface area contributed by atoms with E-state index in [0.29, 0.717) is 16.3 Å². The summed E-state index contributed by atoms with van der Waals surface area (Å²) in [4.78, 5) is 14.6. The highest BCUT2D eigenvalue weighted by molar-refractivity contribution is 6.33. The van der Waals surface area contributed by atoms with E-state index in [1.807, 2.05) is 69.2 Å². The molecule has 5 nitrogen and oxygen atoms in total. The van der Waals surface area contributed by atoms with Gasteiger partial charge in [-0.3, -0.25) is 4.79 Å². The lowest BCUT2D eigenvalue weighted by Gasteiger charge is -2.15. The van der Waals surface area contributed by atoms with Crippen LogP contribution < -0.4 is 10.2 Å². The lowest BCUT2D eigenvalue weighted by Crippen LogP contribution is -2.14. The summed E-state index contributed by atoms with van der Waals surface area (Å²) in [5.74, 6) is -0.213. The van der Waals surface area contributed by atoms with Gasteiger partial charge in [-0.25, -0.2) is 4.68 Å². The average Bonchev–Trinajstić information content (AvgIpc) is 2.96. The molecule has 0 unspecified atom stereocenters. The highest BCUT2D eigenvalue weighted by atomic mass is 35.5. The van der Waals surface area contributed by atoms with Crippen molar-refractivity contribution < 1.29 is 4.79 Å². The largest absolute Gasteiger partial charge is 0.376 e. The van der Waals surface area contributed by atoms with Gasteiger partial charge in [-0.2, -0.15) is 5.10 Å². The van der Waals surface area contributed by atoms with Crippen molar-refractivity contribution in [3.63, 3.8) is 0 Å². The van der Waals surface area contributed by atoms with E-state index < -0.39 is 0 Å². The maximum atomic E-state index is 12.7. The number of aryl methyl sites for hydroxylation is 1. The number of amides is 1. The Balaban J connectivity index is 1.84. The Morgan fingerprint density at radius 3 is 2.58 bits per heavy atom. The molecule has 1 N–H and O–H groups in total. The van der Waals surface area contributed by atoms with Crippen LogP contribution in [0.15, 0.2) is 48.7 Å². The van der Waals surface area contributed by atoms with E-state index in [0.717, 1.165) is 22.6 Å². The molecule has 0 aliphatic carbocycles. The zero-order valence-corrected chi connectivity index (χ0v) is 16.0. The van der Waals surface area contributed by atoms with Crippen LogP contribution >= 0.6 is 11.6 Å². The molecule has 26 heavy (non-hydrogen) atoms. The van der Waals surface area contributed by atoms with Gasteiger partial charge in [0.2, 0.25) is 0 Å². The molecule has 6 heteroatoms. The first-order chi connectivity index (χ1) is 12.4. The summed E-state index contributed by atoms with van der Waals surface area (Å²) < 4.78 is 1.77. The lowest BCUT2D eigenvalue weighted by molar-refractivity contribution is 0.102. The minimum Gasteiger partial charge on any atom is -0.376 e. The quantitative estimate of drug-likeness (QED) is 0.739. The van der Waals surface area contributed by atoms with Crippen LogP contribution in [0.4, 0.5) is 11.4 Å². The maximum Gasteiger partial charge on any atom is 0.259 e. The van der Waals surface area contributed by atoms with Crippen LogP contribution in [0.25, 0.3) is 5.69 Å². The first-order valence-electron chi connectivity index (χ1n) is 8.26. The fourth-order valence-electron chi connectivity index (χ4n) is 2.80. The first kappa shape index (κ1) is 18.0. The second-order valence-corrected chi connectivity index (χ2v) is 6.82. The number of hydrogen-bond donors (Lipinski definition) is 1. The van der Waals surface area contributed by atoms with Crippen LogP contribution in [-0.2, 0) is 0 Å². The average molecular weight is 369 g/mol. The third kappa shape index (κ3) is 3.58. The molecule has 0 bridgehead atoms. The van der Waals surface area contributed by atoms with Crippen LogP contribution in [0.1, 0.15) is 21.6 Å². The number of nitrogens with zero attached hydrogens (tertiary/aromatic N) is 3. The van der Waals surface area contributed by atoms with Gasteiger partial charge in [0.1, 0.15) is 0 Å². The molecule has 3 rings (SSSR count). The van der Waals surface area contributed by atoms with Gasteiger partial charge in [0.25, 0.3) is 5.91 Å². The summed E-state index contributed by atoms with van der Waals surface area (Å²) in [5.41, 5.74) is 4.92. The Labute approximate surface area is 158 Å². The normalized spacial score (nSPS) is 10.7. The summed E-state index contributed by atoms with van der Waals surface area (Å²) >= 11 is 6.27. The van der Waals surface area contributed by atoms with Crippen LogP contribution in [0.5, 0.6) is 0 Å². The molecule has 0 spiro atoms. The predicted octanol–water partition coefficient (Wildman–Crippen LogP) is 4.46. The van der Waals surface area contributed by atoms with Gasteiger partial charge in [0.05, 0.1) is 33.9 Å². The van der Waals surface area contributed by atoms with Gasteiger partial charge in [0.15, 0.2) is 0 Å². The molecule has 0 aliphatic rings. The molecule has 1 aromatic heterocycles. The Morgan fingerprint density at radius 1 is 1.15 bits per heavy atom. The summed E-state index contributed by atoms with van der Waals surface area (Å²) in [6, 6.07) is 13.4. The molecule has 0 atom stereocenters. The lowest BCUT2D eigenvalue weighted by atomic mass is 10.2. The van der Waals surface area contributed by atoms with E-state index in [2.05, 4.69) is 10.4 Å². The van der Waals surface area contributed by atoms with E-state index in [4.69, 9.17) is 11.6 Å². The third-order valence-corrected chi connectivity index (χ3v) is 4.49. The molecule has 134 valence electrons. The van der Waals surface area contributed by atoms with Crippen molar-refractivity contribution in [2.45, 2.75) is 13.8 Å². The molecular formula is C20H21ClN4O. The van der Waals surface area contributed by atoms with Crippen LogP contribution in [-0.4, -0.2) is 29.8 Å². The molecule has 3 aromatic rings. The molecule has 1 amide bonds. The number of hydrogen-bond acceptors (Lipinski definition) is 3. The van der Waals surface area contributed by atoms with Crippen LogP contribution in [0.2, 0.25) is 5.02 Å². The minimum atomic E-state index is -0.213. The molecule has 0 aliphatic heterocycles. The monoisotopic (exact) mass is 368 g/mol. The van der Waals surface area contributed by atoms with E-state index >= 15 is 0 Å². The molecule has 0 saturated heterocycles. The number of anilines is 2. The second-order valence-electron chi connectivity index (χ2n) is 6.41. The number of carbonyl (C=O) groups excluding carboxylic acids is 1. The van der Waals surface area contributed by atoms with E-state index in [1.165, 1.54) is 0 Å². The third-order valence-electron chi connectivity index (χ3n) is 4.19. The van der Waals surface area contributed by atoms with Crippen molar-refractivity contribution in [2.24, 2.45) is 0 Å². The zero-order valence-electron chi connectivity index (χ0n) is 15.2. The summed E-state index contributed by atoms with van der Waals surface area (Å²) in [6.07, 6.45) is 1.59. The van der Waals surface area contributed by atoms with Gasteiger partial charge in [-0.1, -0.05) is 23.7 Å². The molecular weight excluding hydrogens is 348 g/mol. The zero-order chi connectivity index (χ0) is 18.8. The number of rotatable bonds is 4. The maximum absolute atomic E-state index is 12.7. The Kier molecular flexibility index (Phi) is 5.00. The highest BCUT2D eigenvalue weighted by Gasteiger charge is 2.16. The van der Waals surface area contributed by atoms with Gasteiger partial charge in [-0.15, -0.1) is 0 Å².